The number of aliphatic hydroxyl groups excluding tert-OH is 1. The Bertz CT molecular complexity index is 277. The minimum absolute atomic E-state index is 0.222. The summed E-state index contributed by atoms with van der Waals surface area (Å²) in [6, 6.07) is 10.2. The van der Waals surface area contributed by atoms with Gasteiger partial charge < -0.3 is 15.2 Å². The molecule has 0 unspecified atom stereocenters. The van der Waals surface area contributed by atoms with Crippen LogP contribution in [0.25, 0.3) is 0 Å². The predicted octanol–water partition coefficient (Wildman–Crippen LogP) is 1.95. The van der Waals surface area contributed by atoms with Gasteiger partial charge in [-0.1, -0.05) is 37.3 Å². The lowest BCUT2D eigenvalue weighted by Gasteiger charge is -2.09. The lowest BCUT2D eigenvalue weighted by atomic mass is 10.2. The Balaban J connectivity index is 1.91. The molecule has 0 aliphatic rings. The lowest BCUT2D eigenvalue weighted by molar-refractivity contribution is 0.116. The second-order valence-corrected chi connectivity index (χ2v) is 4.16. The second-order valence-electron chi connectivity index (χ2n) is 4.16. The van der Waals surface area contributed by atoms with Gasteiger partial charge in [0, 0.05) is 13.2 Å². The third-order valence-corrected chi connectivity index (χ3v) is 2.60. The molecule has 0 fully saturated rings. The third-order valence-electron chi connectivity index (χ3n) is 2.60. The fourth-order valence-electron chi connectivity index (χ4n) is 1.48. The average Bonchev–Trinajstić information content (AvgIpc) is 2.38. The molecule has 3 heteroatoms. The summed E-state index contributed by atoms with van der Waals surface area (Å²) in [4.78, 5) is 0. The maximum absolute atomic E-state index is 9.32. The molecule has 1 atom stereocenters. The van der Waals surface area contributed by atoms with E-state index >= 15 is 0 Å². The van der Waals surface area contributed by atoms with Gasteiger partial charge in [-0.3, -0.25) is 0 Å². The van der Waals surface area contributed by atoms with Crippen molar-refractivity contribution in [2.24, 2.45) is 0 Å². The molecule has 2 N–H and O–H groups in total. The van der Waals surface area contributed by atoms with Crippen LogP contribution in [0.4, 0.5) is 0 Å². The average molecular weight is 237 g/mol. The molecule has 1 aromatic rings. The Kier molecular flexibility index (Phi) is 7.63. The van der Waals surface area contributed by atoms with Crippen molar-refractivity contribution in [2.45, 2.75) is 32.5 Å². The van der Waals surface area contributed by atoms with Crippen LogP contribution >= 0.6 is 0 Å². The first-order valence-corrected chi connectivity index (χ1v) is 6.33. The van der Waals surface area contributed by atoms with E-state index in [-0.39, 0.29) is 6.10 Å². The quantitative estimate of drug-likeness (QED) is 0.645. The SMILES string of the molecule is CC[C@@H](O)CNCCCOCc1ccccc1. The third kappa shape index (κ3) is 7.10. The molecule has 96 valence electrons. The van der Waals surface area contributed by atoms with E-state index in [0.29, 0.717) is 13.2 Å². The van der Waals surface area contributed by atoms with Crippen molar-refractivity contribution in [1.82, 2.24) is 5.32 Å². The van der Waals surface area contributed by atoms with Crippen LogP contribution in [-0.2, 0) is 11.3 Å². The van der Waals surface area contributed by atoms with E-state index in [2.05, 4.69) is 17.4 Å². The predicted molar refractivity (Wildman–Crippen MR) is 69.9 cm³/mol. The Morgan fingerprint density at radius 2 is 2.06 bits per heavy atom. The maximum Gasteiger partial charge on any atom is 0.0716 e. The van der Waals surface area contributed by atoms with Crippen LogP contribution in [0.5, 0.6) is 0 Å². The zero-order valence-electron chi connectivity index (χ0n) is 10.6. The first-order chi connectivity index (χ1) is 8.33. The summed E-state index contributed by atoms with van der Waals surface area (Å²) >= 11 is 0. The molecule has 0 bridgehead atoms. The normalized spacial score (nSPS) is 12.6. The van der Waals surface area contributed by atoms with Crippen LogP contribution < -0.4 is 5.32 Å². The van der Waals surface area contributed by atoms with E-state index in [0.717, 1.165) is 26.0 Å². The second kappa shape index (κ2) is 9.16. The van der Waals surface area contributed by atoms with Crippen LogP contribution in [0.2, 0.25) is 0 Å². The van der Waals surface area contributed by atoms with Crippen molar-refractivity contribution < 1.29 is 9.84 Å². The fourth-order valence-corrected chi connectivity index (χ4v) is 1.48. The Morgan fingerprint density at radius 3 is 2.76 bits per heavy atom. The van der Waals surface area contributed by atoms with Gasteiger partial charge in [-0.25, -0.2) is 0 Å². The summed E-state index contributed by atoms with van der Waals surface area (Å²) in [5, 5.41) is 12.5. The van der Waals surface area contributed by atoms with E-state index < -0.39 is 0 Å². The van der Waals surface area contributed by atoms with Crippen LogP contribution in [0.15, 0.2) is 30.3 Å². The number of aliphatic hydroxyl groups is 1. The van der Waals surface area contributed by atoms with Gasteiger partial charge in [-0.15, -0.1) is 0 Å². The van der Waals surface area contributed by atoms with E-state index in [1.54, 1.807) is 0 Å². The highest BCUT2D eigenvalue weighted by molar-refractivity contribution is 5.13. The van der Waals surface area contributed by atoms with Gasteiger partial charge in [-0.05, 0) is 24.9 Å². The van der Waals surface area contributed by atoms with E-state index in [9.17, 15) is 5.11 Å². The molecule has 0 aliphatic heterocycles. The minimum Gasteiger partial charge on any atom is -0.392 e. The standard InChI is InChI=1S/C14H23NO2/c1-2-14(16)11-15-9-6-10-17-12-13-7-4-3-5-8-13/h3-5,7-8,14-16H,2,6,9-12H2,1H3/t14-/m1/s1. The zero-order valence-corrected chi connectivity index (χ0v) is 10.6. The fraction of sp³-hybridized carbons (Fsp3) is 0.571. The van der Waals surface area contributed by atoms with E-state index in [4.69, 9.17) is 4.74 Å². The maximum atomic E-state index is 9.32. The van der Waals surface area contributed by atoms with Crippen molar-refractivity contribution in [2.75, 3.05) is 19.7 Å². The van der Waals surface area contributed by atoms with Gasteiger partial charge in [-0.2, -0.15) is 0 Å². The number of hydrogen-bond donors (Lipinski definition) is 2. The summed E-state index contributed by atoms with van der Waals surface area (Å²) in [6.45, 7) is 4.99. The van der Waals surface area contributed by atoms with Crippen molar-refractivity contribution in [1.29, 1.82) is 0 Å². The first-order valence-electron chi connectivity index (χ1n) is 6.33. The summed E-state index contributed by atoms with van der Waals surface area (Å²) in [5.74, 6) is 0. The molecule has 1 aromatic carbocycles. The van der Waals surface area contributed by atoms with Gasteiger partial charge in [0.15, 0.2) is 0 Å². The highest BCUT2D eigenvalue weighted by Gasteiger charge is 1.98. The number of benzene rings is 1. The van der Waals surface area contributed by atoms with Crippen molar-refractivity contribution in [3.8, 4) is 0 Å². The summed E-state index contributed by atoms with van der Waals surface area (Å²) in [5.41, 5.74) is 1.21. The Labute approximate surface area is 104 Å². The molecular formula is C14H23NO2. The van der Waals surface area contributed by atoms with Crippen LogP contribution in [0, 0.1) is 0 Å². The van der Waals surface area contributed by atoms with Crippen LogP contribution in [-0.4, -0.2) is 30.9 Å². The number of hydrogen-bond acceptors (Lipinski definition) is 3. The number of nitrogens with one attached hydrogen (secondary N) is 1. The number of rotatable bonds is 9. The monoisotopic (exact) mass is 237 g/mol. The molecule has 17 heavy (non-hydrogen) atoms. The zero-order chi connectivity index (χ0) is 12.3. The van der Waals surface area contributed by atoms with Crippen LogP contribution in [0.3, 0.4) is 0 Å². The van der Waals surface area contributed by atoms with E-state index in [1.165, 1.54) is 5.56 Å². The molecule has 1 rings (SSSR count). The lowest BCUT2D eigenvalue weighted by Crippen LogP contribution is -2.27. The molecule has 3 nitrogen and oxygen atoms in total. The topological polar surface area (TPSA) is 41.5 Å². The Hall–Kier alpha value is -0.900. The van der Waals surface area contributed by atoms with Gasteiger partial charge in [0.25, 0.3) is 0 Å². The molecule has 0 saturated carbocycles. The van der Waals surface area contributed by atoms with Gasteiger partial charge in [0.2, 0.25) is 0 Å². The van der Waals surface area contributed by atoms with Crippen molar-refractivity contribution in [3.05, 3.63) is 35.9 Å². The molecule has 0 heterocycles. The van der Waals surface area contributed by atoms with Gasteiger partial charge >= 0.3 is 0 Å². The molecule has 0 saturated heterocycles. The summed E-state index contributed by atoms with van der Waals surface area (Å²) in [6.07, 6.45) is 1.56. The molecular weight excluding hydrogens is 214 g/mol. The molecule has 0 radical (unpaired) electrons. The number of ether oxygens (including phenoxy) is 1. The van der Waals surface area contributed by atoms with Crippen LogP contribution in [0.1, 0.15) is 25.3 Å². The minimum atomic E-state index is -0.222. The van der Waals surface area contributed by atoms with E-state index in [1.807, 2.05) is 25.1 Å². The first kappa shape index (κ1) is 14.2. The van der Waals surface area contributed by atoms with Crippen molar-refractivity contribution >= 4 is 0 Å². The molecule has 0 spiro atoms. The molecule has 0 aliphatic carbocycles. The highest BCUT2D eigenvalue weighted by atomic mass is 16.5. The molecule has 0 amide bonds. The van der Waals surface area contributed by atoms with Crippen molar-refractivity contribution in [3.63, 3.8) is 0 Å². The van der Waals surface area contributed by atoms with Gasteiger partial charge in [0.05, 0.1) is 12.7 Å². The smallest absolute Gasteiger partial charge is 0.0716 e. The largest absolute Gasteiger partial charge is 0.392 e. The molecule has 0 aromatic heterocycles. The Morgan fingerprint density at radius 1 is 1.29 bits per heavy atom. The highest BCUT2D eigenvalue weighted by Crippen LogP contribution is 2.00. The summed E-state index contributed by atoms with van der Waals surface area (Å²) < 4.78 is 5.55. The van der Waals surface area contributed by atoms with Gasteiger partial charge in [0.1, 0.15) is 0 Å². The summed E-state index contributed by atoms with van der Waals surface area (Å²) in [7, 11) is 0.